The van der Waals surface area contributed by atoms with Gasteiger partial charge in [0, 0.05) is 0 Å². The number of rotatable bonds is 1. The van der Waals surface area contributed by atoms with E-state index in [2.05, 4.69) is 20.8 Å². The van der Waals surface area contributed by atoms with Gasteiger partial charge < -0.3 is 9.79 Å². The van der Waals surface area contributed by atoms with Gasteiger partial charge in [-0.05, 0) is 36.0 Å². The summed E-state index contributed by atoms with van der Waals surface area (Å²) < 4.78 is 11.3. The molecular weight excluding hydrogens is 199 g/mol. The molecule has 0 aromatic rings. The van der Waals surface area contributed by atoms with Crippen LogP contribution in [0.2, 0.25) is 0 Å². The molecule has 2 aliphatic rings. The summed E-state index contributed by atoms with van der Waals surface area (Å²) in [6.07, 6.45) is 2.81. The van der Waals surface area contributed by atoms with Gasteiger partial charge in [0.05, 0.1) is 5.66 Å². The Balaban J connectivity index is 2.37. The maximum absolute atomic E-state index is 11.3. The molecule has 0 amide bonds. The van der Waals surface area contributed by atoms with Crippen LogP contribution in [0.25, 0.3) is 0 Å². The molecule has 82 valence electrons. The Morgan fingerprint density at radius 1 is 1.29 bits per heavy atom. The van der Waals surface area contributed by atoms with E-state index in [0.717, 1.165) is 12.8 Å². The fourth-order valence-electron chi connectivity index (χ4n) is 3.60. The van der Waals surface area contributed by atoms with E-state index in [0.29, 0.717) is 6.42 Å². The van der Waals surface area contributed by atoms with Crippen molar-refractivity contribution in [2.24, 2.45) is 16.7 Å². The Morgan fingerprint density at radius 2 is 1.86 bits per heavy atom. The van der Waals surface area contributed by atoms with E-state index >= 15 is 0 Å². The van der Waals surface area contributed by atoms with Gasteiger partial charge in [-0.2, -0.15) is 0 Å². The van der Waals surface area contributed by atoms with E-state index < -0.39 is 7.60 Å². The Kier molecular flexibility index (Phi) is 2.01. The fraction of sp³-hybridized carbons (Fsp3) is 1.00. The standard InChI is InChI=1S/C10H19O3P/c1-9(2)7-4-5-10(9,3)6-8(7)14(11,12)13/h7-8H,4-6H2,1-3H3,(H2,11,12,13). The lowest BCUT2D eigenvalue weighted by molar-refractivity contribution is 0.152. The summed E-state index contributed by atoms with van der Waals surface area (Å²) in [6, 6.07) is 0. The zero-order valence-electron chi connectivity index (χ0n) is 9.03. The Bertz CT molecular complexity index is 304. The van der Waals surface area contributed by atoms with Gasteiger partial charge in [-0.3, -0.25) is 4.57 Å². The van der Waals surface area contributed by atoms with Crippen LogP contribution < -0.4 is 0 Å². The molecule has 0 spiro atoms. The molecule has 2 bridgehead atoms. The maximum Gasteiger partial charge on any atom is 0.328 e. The van der Waals surface area contributed by atoms with Crippen molar-refractivity contribution in [3.8, 4) is 0 Å². The van der Waals surface area contributed by atoms with E-state index in [1.807, 2.05) is 0 Å². The van der Waals surface area contributed by atoms with Crippen molar-refractivity contribution >= 4 is 7.60 Å². The SMILES string of the molecule is CC12CCC(C(P(=O)(O)O)C1)C2(C)C. The van der Waals surface area contributed by atoms with Crippen LogP contribution in [-0.4, -0.2) is 15.4 Å². The van der Waals surface area contributed by atoms with Crippen LogP contribution >= 0.6 is 7.60 Å². The highest BCUT2D eigenvalue weighted by atomic mass is 31.2. The number of hydrogen-bond donors (Lipinski definition) is 2. The first-order chi connectivity index (χ1) is 6.18. The molecule has 14 heavy (non-hydrogen) atoms. The predicted molar refractivity (Wildman–Crippen MR) is 55.1 cm³/mol. The van der Waals surface area contributed by atoms with Crippen molar-refractivity contribution < 1.29 is 14.4 Å². The first-order valence-electron chi connectivity index (χ1n) is 5.24. The molecule has 0 heterocycles. The van der Waals surface area contributed by atoms with Crippen molar-refractivity contribution in [3.05, 3.63) is 0 Å². The summed E-state index contributed by atoms with van der Waals surface area (Å²) >= 11 is 0. The lowest BCUT2D eigenvalue weighted by Crippen LogP contribution is -2.26. The molecule has 0 radical (unpaired) electrons. The average molecular weight is 218 g/mol. The highest BCUT2D eigenvalue weighted by molar-refractivity contribution is 7.52. The Morgan fingerprint density at radius 3 is 2.07 bits per heavy atom. The molecule has 2 N–H and O–H groups in total. The molecule has 3 nitrogen and oxygen atoms in total. The lowest BCUT2D eigenvalue weighted by Gasteiger charge is -2.34. The van der Waals surface area contributed by atoms with Crippen LogP contribution in [0, 0.1) is 16.7 Å². The third kappa shape index (κ3) is 1.16. The van der Waals surface area contributed by atoms with Gasteiger partial charge >= 0.3 is 7.60 Å². The zero-order chi connectivity index (χ0) is 10.8. The summed E-state index contributed by atoms with van der Waals surface area (Å²) in [7, 11) is -3.88. The van der Waals surface area contributed by atoms with Gasteiger partial charge in [-0.25, -0.2) is 0 Å². The molecule has 3 atom stereocenters. The minimum Gasteiger partial charge on any atom is -0.324 e. The van der Waals surface area contributed by atoms with Crippen molar-refractivity contribution in [1.29, 1.82) is 0 Å². The quantitative estimate of drug-likeness (QED) is 0.664. The normalized spacial score (nSPS) is 45.8. The first kappa shape index (κ1) is 10.7. The second-order valence-electron chi connectivity index (χ2n) is 5.79. The van der Waals surface area contributed by atoms with Crippen molar-refractivity contribution in [1.82, 2.24) is 0 Å². The highest BCUT2D eigenvalue weighted by Gasteiger charge is 2.64. The van der Waals surface area contributed by atoms with Crippen LogP contribution in [0.1, 0.15) is 40.0 Å². The molecule has 0 aromatic heterocycles. The monoisotopic (exact) mass is 218 g/mol. The zero-order valence-corrected chi connectivity index (χ0v) is 9.92. The third-order valence-electron chi connectivity index (χ3n) is 5.05. The summed E-state index contributed by atoms with van der Waals surface area (Å²) in [5.74, 6) is 0.216. The molecule has 0 saturated heterocycles. The van der Waals surface area contributed by atoms with Crippen LogP contribution in [0.4, 0.5) is 0 Å². The summed E-state index contributed by atoms with van der Waals surface area (Å²) in [5, 5.41) is 0. The van der Waals surface area contributed by atoms with Crippen LogP contribution in [0.5, 0.6) is 0 Å². The molecule has 0 aromatic carbocycles. The minimum absolute atomic E-state index is 0.0960. The summed E-state index contributed by atoms with van der Waals surface area (Å²) in [4.78, 5) is 18.6. The molecule has 2 aliphatic carbocycles. The second kappa shape index (κ2) is 2.63. The van der Waals surface area contributed by atoms with Gasteiger partial charge in [0.1, 0.15) is 0 Å². The van der Waals surface area contributed by atoms with Crippen LogP contribution in [0.3, 0.4) is 0 Å². The second-order valence-corrected chi connectivity index (χ2v) is 7.63. The van der Waals surface area contributed by atoms with Gasteiger partial charge in [-0.1, -0.05) is 20.8 Å². The lowest BCUT2D eigenvalue weighted by atomic mass is 9.71. The molecule has 2 rings (SSSR count). The smallest absolute Gasteiger partial charge is 0.324 e. The fourth-order valence-corrected chi connectivity index (χ4v) is 5.23. The number of hydrogen-bond acceptors (Lipinski definition) is 1. The number of fused-ring (bicyclic) bond motifs is 2. The van der Waals surface area contributed by atoms with Crippen LogP contribution in [-0.2, 0) is 4.57 Å². The largest absolute Gasteiger partial charge is 0.328 e. The molecular formula is C10H19O3P. The first-order valence-corrected chi connectivity index (χ1v) is 6.92. The molecule has 4 heteroatoms. The molecule has 2 saturated carbocycles. The van der Waals surface area contributed by atoms with Crippen molar-refractivity contribution in [2.75, 3.05) is 0 Å². The van der Waals surface area contributed by atoms with Crippen molar-refractivity contribution in [3.63, 3.8) is 0 Å². The van der Waals surface area contributed by atoms with Crippen molar-refractivity contribution in [2.45, 2.75) is 45.7 Å². The van der Waals surface area contributed by atoms with E-state index in [1.165, 1.54) is 0 Å². The van der Waals surface area contributed by atoms with E-state index in [4.69, 9.17) is 0 Å². The Hall–Kier alpha value is 0.150. The van der Waals surface area contributed by atoms with E-state index in [1.54, 1.807) is 0 Å². The van der Waals surface area contributed by atoms with E-state index in [9.17, 15) is 14.4 Å². The predicted octanol–water partition coefficient (Wildman–Crippen LogP) is 2.38. The summed E-state index contributed by atoms with van der Waals surface area (Å²) in [5.41, 5.74) is -0.140. The van der Waals surface area contributed by atoms with Crippen LogP contribution in [0.15, 0.2) is 0 Å². The molecule has 3 unspecified atom stereocenters. The van der Waals surface area contributed by atoms with Gasteiger partial charge in [0.2, 0.25) is 0 Å². The topological polar surface area (TPSA) is 57.5 Å². The third-order valence-corrected chi connectivity index (χ3v) is 6.45. The Labute approximate surface area is 85.1 Å². The molecule has 0 aliphatic heterocycles. The maximum atomic E-state index is 11.3. The van der Waals surface area contributed by atoms with Gasteiger partial charge in [0.15, 0.2) is 0 Å². The van der Waals surface area contributed by atoms with Gasteiger partial charge in [-0.15, -0.1) is 0 Å². The molecule has 2 fully saturated rings. The van der Waals surface area contributed by atoms with Gasteiger partial charge in [0.25, 0.3) is 0 Å². The average Bonchev–Trinajstić information content (AvgIpc) is 2.32. The van der Waals surface area contributed by atoms with E-state index in [-0.39, 0.29) is 22.4 Å². The highest BCUT2D eigenvalue weighted by Crippen LogP contribution is 2.72. The summed E-state index contributed by atoms with van der Waals surface area (Å²) in [6.45, 7) is 6.52. The minimum atomic E-state index is -3.88.